The largest absolute Gasteiger partial charge is 0.378 e. The normalized spacial score (nSPS) is 16.7. The van der Waals surface area contributed by atoms with E-state index in [9.17, 15) is 4.79 Å². The number of anilines is 1. The number of ketones is 1. The summed E-state index contributed by atoms with van der Waals surface area (Å²) in [5, 5.41) is 0. The minimum absolute atomic E-state index is 0.227. The summed E-state index contributed by atoms with van der Waals surface area (Å²) >= 11 is 3.35. The van der Waals surface area contributed by atoms with Crippen LogP contribution in [0.5, 0.6) is 0 Å². The molecule has 21 heavy (non-hydrogen) atoms. The highest BCUT2D eigenvalue weighted by atomic mass is 32.2. The number of thioether (sulfide) groups is 2. The third kappa shape index (κ3) is 3.74. The van der Waals surface area contributed by atoms with Gasteiger partial charge in [-0.25, -0.2) is 0 Å². The molecule has 0 N–H and O–H groups in total. The summed E-state index contributed by atoms with van der Waals surface area (Å²) in [6.07, 6.45) is 7.83. The topological polar surface area (TPSA) is 20.3 Å². The third-order valence-corrected chi connectivity index (χ3v) is 5.81. The second-order valence-corrected chi connectivity index (χ2v) is 7.05. The van der Waals surface area contributed by atoms with E-state index in [4.69, 9.17) is 0 Å². The van der Waals surface area contributed by atoms with Gasteiger partial charge in [0.05, 0.1) is 0 Å². The molecular weight excluding hydrogens is 298 g/mol. The molecule has 0 radical (unpaired) electrons. The maximum atomic E-state index is 12.5. The molecule has 0 aromatic heterocycles. The first kappa shape index (κ1) is 16.2. The number of nitrogens with zero attached hydrogens (tertiary/aromatic N) is 1. The first-order chi connectivity index (χ1) is 10.1. The standard InChI is InChI=1S/C17H21NOS2/c1-18(2)14-8-5-12(6-9-14)11-13-7-10-15(16(13)19)17(20-3)21-4/h5-6,8-9,11H,7,10H2,1-4H3/b13-11-. The summed E-state index contributed by atoms with van der Waals surface area (Å²) in [7, 11) is 4.05. The predicted molar refractivity (Wildman–Crippen MR) is 97.0 cm³/mol. The molecule has 1 aromatic rings. The van der Waals surface area contributed by atoms with Crippen LogP contribution in [0.15, 0.2) is 39.6 Å². The Labute approximate surface area is 135 Å². The number of Topliss-reactive ketones (excluding diaryl/α,β-unsaturated/α-hetero) is 1. The Hall–Kier alpha value is -1.13. The van der Waals surface area contributed by atoms with Gasteiger partial charge in [0.15, 0.2) is 5.78 Å². The number of benzene rings is 1. The third-order valence-electron chi connectivity index (χ3n) is 3.58. The summed E-state index contributed by atoms with van der Waals surface area (Å²) in [6.45, 7) is 0. The molecule has 0 spiro atoms. The van der Waals surface area contributed by atoms with Gasteiger partial charge in [-0.15, -0.1) is 23.5 Å². The first-order valence-corrected chi connectivity index (χ1v) is 9.35. The molecule has 1 aromatic carbocycles. The number of hydrogen-bond acceptors (Lipinski definition) is 4. The summed E-state index contributed by atoms with van der Waals surface area (Å²) in [5.41, 5.74) is 4.19. The highest BCUT2D eigenvalue weighted by molar-refractivity contribution is 8.21. The zero-order chi connectivity index (χ0) is 15.4. The molecule has 1 saturated carbocycles. The van der Waals surface area contributed by atoms with Crippen LogP contribution in [-0.4, -0.2) is 32.4 Å². The molecule has 2 nitrogen and oxygen atoms in total. The molecule has 0 aliphatic heterocycles. The van der Waals surface area contributed by atoms with E-state index in [1.807, 2.05) is 32.7 Å². The van der Waals surface area contributed by atoms with Crippen molar-refractivity contribution >= 4 is 41.1 Å². The van der Waals surface area contributed by atoms with E-state index >= 15 is 0 Å². The Balaban J connectivity index is 2.23. The van der Waals surface area contributed by atoms with Crippen LogP contribution in [0.3, 0.4) is 0 Å². The lowest BCUT2D eigenvalue weighted by atomic mass is 10.1. The molecule has 0 unspecified atom stereocenters. The Morgan fingerprint density at radius 1 is 1.10 bits per heavy atom. The van der Waals surface area contributed by atoms with Crippen LogP contribution in [0.1, 0.15) is 18.4 Å². The maximum absolute atomic E-state index is 12.5. The number of carbonyl (C=O) groups excluding carboxylic acids is 1. The molecule has 1 aliphatic rings. The molecular formula is C17H21NOS2. The maximum Gasteiger partial charge on any atom is 0.186 e. The Morgan fingerprint density at radius 2 is 1.71 bits per heavy atom. The molecule has 2 rings (SSSR count). The van der Waals surface area contributed by atoms with Crippen LogP contribution in [0.2, 0.25) is 0 Å². The molecule has 1 fully saturated rings. The van der Waals surface area contributed by atoms with Gasteiger partial charge in [0.1, 0.15) is 0 Å². The van der Waals surface area contributed by atoms with E-state index in [1.165, 1.54) is 5.69 Å². The zero-order valence-electron chi connectivity index (χ0n) is 13.0. The van der Waals surface area contributed by atoms with Gasteiger partial charge in [-0.05, 0) is 49.1 Å². The van der Waals surface area contributed by atoms with Gasteiger partial charge in [-0.2, -0.15) is 0 Å². The first-order valence-electron chi connectivity index (χ1n) is 6.90. The average Bonchev–Trinajstić information content (AvgIpc) is 2.83. The Kier molecular flexibility index (Phi) is 5.59. The van der Waals surface area contributed by atoms with Crippen molar-refractivity contribution in [3.63, 3.8) is 0 Å². The van der Waals surface area contributed by atoms with Crippen LogP contribution < -0.4 is 4.90 Å². The monoisotopic (exact) mass is 319 g/mol. The van der Waals surface area contributed by atoms with E-state index in [0.717, 1.165) is 33.8 Å². The van der Waals surface area contributed by atoms with Crippen LogP contribution in [0, 0.1) is 0 Å². The molecule has 1 aliphatic carbocycles. The second kappa shape index (κ2) is 7.23. The summed E-state index contributed by atoms with van der Waals surface area (Å²) in [6, 6.07) is 8.30. The van der Waals surface area contributed by atoms with Crippen molar-refractivity contribution in [2.75, 3.05) is 31.5 Å². The van der Waals surface area contributed by atoms with Crippen molar-refractivity contribution in [1.82, 2.24) is 0 Å². The molecule has 0 bridgehead atoms. The fourth-order valence-corrected chi connectivity index (χ4v) is 3.96. The quantitative estimate of drug-likeness (QED) is 0.764. The van der Waals surface area contributed by atoms with Crippen LogP contribution >= 0.6 is 23.5 Å². The highest BCUT2D eigenvalue weighted by Crippen LogP contribution is 2.37. The predicted octanol–water partition coefficient (Wildman–Crippen LogP) is 4.44. The summed E-state index contributed by atoms with van der Waals surface area (Å²) in [5.74, 6) is 0.227. The van der Waals surface area contributed by atoms with Gasteiger partial charge in [0, 0.05) is 35.2 Å². The van der Waals surface area contributed by atoms with E-state index in [1.54, 1.807) is 23.5 Å². The number of carbonyl (C=O) groups is 1. The molecule has 0 heterocycles. The fraction of sp³-hybridized carbons (Fsp3) is 0.353. The van der Waals surface area contributed by atoms with Gasteiger partial charge in [-0.1, -0.05) is 12.1 Å². The van der Waals surface area contributed by atoms with E-state index in [-0.39, 0.29) is 5.78 Å². The lowest BCUT2D eigenvalue weighted by molar-refractivity contribution is -0.111. The fourth-order valence-electron chi connectivity index (χ4n) is 2.41. The Morgan fingerprint density at radius 3 is 2.24 bits per heavy atom. The lowest BCUT2D eigenvalue weighted by Crippen LogP contribution is -2.07. The number of allylic oxidation sites excluding steroid dienone is 2. The van der Waals surface area contributed by atoms with E-state index in [0.29, 0.717) is 0 Å². The van der Waals surface area contributed by atoms with Crippen molar-refractivity contribution in [3.8, 4) is 0 Å². The van der Waals surface area contributed by atoms with Crippen LogP contribution in [-0.2, 0) is 4.79 Å². The van der Waals surface area contributed by atoms with E-state index < -0.39 is 0 Å². The Bertz CT molecular complexity index is 579. The molecule has 0 saturated heterocycles. The molecule has 0 amide bonds. The average molecular weight is 319 g/mol. The van der Waals surface area contributed by atoms with Crippen molar-refractivity contribution in [2.24, 2.45) is 0 Å². The van der Waals surface area contributed by atoms with Gasteiger partial charge < -0.3 is 4.90 Å². The minimum atomic E-state index is 0.227. The summed E-state index contributed by atoms with van der Waals surface area (Å²) < 4.78 is 1.16. The van der Waals surface area contributed by atoms with Gasteiger partial charge in [0.2, 0.25) is 0 Å². The molecule has 4 heteroatoms. The summed E-state index contributed by atoms with van der Waals surface area (Å²) in [4.78, 5) is 14.6. The zero-order valence-corrected chi connectivity index (χ0v) is 14.6. The van der Waals surface area contributed by atoms with Crippen molar-refractivity contribution < 1.29 is 4.79 Å². The highest BCUT2D eigenvalue weighted by Gasteiger charge is 2.25. The number of rotatable bonds is 4. The van der Waals surface area contributed by atoms with Gasteiger partial charge >= 0.3 is 0 Å². The molecule has 0 atom stereocenters. The number of hydrogen-bond donors (Lipinski definition) is 0. The van der Waals surface area contributed by atoms with Crippen molar-refractivity contribution in [3.05, 3.63) is 45.2 Å². The van der Waals surface area contributed by atoms with Crippen LogP contribution in [0.25, 0.3) is 6.08 Å². The minimum Gasteiger partial charge on any atom is -0.378 e. The lowest BCUT2D eigenvalue weighted by Gasteiger charge is -2.11. The van der Waals surface area contributed by atoms with E-state index in [2.05, 4.69) is 29.2 Å². The van der Waals surface area contributed by atoms with Gasteiger partial charge in [-0.3, -0.25) is 4.79 Å². The van der Waals surface area contributed by atoms with Crippen LogP contribution in [0.4, 0.5) is 5.69 Å². The smallest absolute Gasteiger partial charge is 0.186 e. The van der Waals surface area contributed by atoms with Crippen molar-refractivity contribution in [1.29, 1.82) is 0 Å². The second-order valence-electron chi connectivity index (χ2n) is 5.16. The van der Waals surface area contributed by atoms with Crippen molar-refractivity contribution in [2.45, 2.75) is 12.8 Å². The molecule has 112 valence electrons. The van der Waals surface area contributed by atoms with Gasteiger partial charge in [0.25, 0.3) is 0 Å². The SMILES string of the molecule is CSC(SC)=C1CC/C(=C/c2ccc(N(C)C)cc2)C1=O.